The monoisotopic (exact) mass is 454 g/mol. The molecule has 10 aliphatic rings. The predicted octanol–water partition coefficient (Wildman–Crippen LogP) is 6.35. The Labute approximate surface area is 168 Å². The Kier molecular flexibility index (Phi) is 1.12. The number of Topliss-reactive ketones (excluding diaryl/α,β-unsaturated/α-hetero) is 2. The van der Waals surface area contributed by atoms with Crippen LogP contribution in [0.3, 0.4) is 0 Å². The summed E-state index contributed by atoms with van der Waals surface area (Å²) < 4.78 is 5.30. The third-order valence-corrected chi connectivity index (χ3v) is 61.1. The molecule has 10 rings (SSSR count). The Morgan fingerprint density at radius 2 is 1.20 bits per heavy atom. The molecule has 1 spiro atoms. The van der Waals surface area contributed by atoms with Gasteiger partial charge in [0.15, 0.2) is 0 Å². The van der Waals surface area contributed by atoms with Gasteiger partial charge in [-0.2, -0.15) is 0 Å². The molecule has 4 nitrogen and oxygen atoms in total. The topological polar surface area (TPSA) is 60.4 Å². The van der Waals surface area contributed by atoms with E-state index in [1.165, 1.54) is 32.1 Å². The maximum atomic E-state index is 13.9. The molecule has 0 saturated carbocycles. The second kappa shape index (κ2) is 2.10. The number of ketones is 2. The van der Waals surface area contributed by atoms with Crippen molar-refractivity contribution in [1.82, 2.24) is 0 Å². The zero-order valence-electron chi connectivity index (χ0n) is 18.2. The van der Waals surface area contributed by atoms with Gasteiger partial charge in [-0.05, 0) is 0 Å². The second-order valence-electron chi connectivity index (χ2n) is 14.4. The van der Waals surface area contributed by atoms with Crippen LogP contribution in [0.1, 0.15) is 71.6 Å². The molecule has 0 aromatic carbocycles. The third-order valence-electron chi connectivity index (χ3n) is 18.3. The van der Waals surface area contributed by atoms with Crippen LogP contribution < -0.4 is 0 Å². The van der Waals surface area contributed by atoms with Crippen molar-refractivity contribution in [2.75, 3.05) is 6.61 Å². The van der Waals surface area contributed by atoms with Crippen molar-refractivity contribution in [3.05, 3.63) is 0 Å². The molecule has 166 valence electrons. The number of unbranched alkanes of at least 4 members (excludes halogenated alkanes) is 5. The molecule has 0 radical (unpaired) electrons. The van der Waals surface area contributed by atoms with Gasteiger partial charge in [0.25, 0.3) is 0 Å². The number of hydrogen-bond acceptors (Lipinski definition) is 4. The number of carbonyl (C=O) groups excluding carboxylic acids is 3. The van der Waals surface area contributed by atoms with Crippen molar-refractivity contribution in [2.45, 2.75) is 119 Å². The minimum absolute atomic E-state index is 0.0533. The molecule has 10 aliphatic heterocycles. The first-order valence-electron chi connectivity index (χ1n) is 12.7. The van der Waals surface area contributed by atoms with Crippen LogP contribution in [0.25, 0.3) is 0 Å². The quantitative estimate of drug-likeness (QED) is 0.185. The van der Waals surface area contributed by atoms with E-state index in [2.05, 4.69) is 6.92 Å². The van der Waals surface area contributed by atoms with Gasteiger partial charge in [-0.15, -0.1) is 0 Å². The van der Waals surface area contributed by atoms with Crippen molar-refractivity contribution in [3.8, 4) is 0 Å². The van der Waals surface area contributed by atoms with Crippen molar-refractivity contribution in [2.24, 2.45) is 0 Å². The van der Waals surface area contributed by atoms with Gasteiger partial charge in [0.2, 0.25) is 0 Å². The van der Waals surface area contributed by atoms with Crippen molar-refractivity contribution >= 4 is 17.5 Å². The van der Waals surface area contributed by atoms with Crippen LogP contribution in [0, 0.1) is 0 Å². The van der Waals surface area contributed by atoms with Gasteiger partial charge >= 0.3 is 169 Å². The fourth-order valence-electron chi connectivity index (χ4n) is 20.0. The fraction of sp³-hybridized carbons (Fsp3) is 0.880. The van der Waals surface area contributed by atoms with E-state index in [1.54, 1.807) is 0 Å². The van der Waals surface area contributed by atoms with Gasteiger partial charge in [-0.3, -0.25) is 0 Å². The van der Waals surface area contributed by atoms with E-state index >= 15 is 0 Å². The van der Waals surface area contributed by atoms with E-state index in [9.17, 15) is 14.4 Å². The number of fused-ring (bicyclic) bond motifs is 10. The van der Waals surface area contributed by atoms with Gasteiger partial charge in [0, 0.05) is 0 Å². The Morgan fingerprint density at radius 1 is 0.700 bits per heavy atom. The van der Waals surface area contributed by atoms with Crippen LogP contribution in [0.15, 0.2) is 0 Å². The van der Waals surface area contributed by atoms with Crippen LogP contribution in [-0.2, 0) is 25.6 Å². The standard InChI is InChI=1S/C14H21O.C11H13O3.Fe/c1-2-3-4-5-6-7-12-14(15)13-10-8-9-11-13;1-2-14-11(13)8-7-10(12)9-5-3-4-6-9;/h8-11H,2-7,12H2,1H3;3-6H,2,7-8H2,1H3;. The van der Waals surface area contributed by atoms with E-state index in [0.29, 0.717) is 24.6 Å². The fourth-order valence-corrected chi connectivity index (χ4v) is 96.0. The average Bonchev–Trinajstić information content (AvgIpc) is 3.67. The number of rotatable bonds is 13. The number of esters is 1. The summed E-state index contributed by atoms with van der Waals surface area (Å²) in [5.41, 5.74) is 0. The van der Waals surface area contributed by atoms with Crippen LogP contribution in [0.5, 0.6) is 0 Å². The molecule has 0 aromatic rings. The van der Waals surface area contributed by atoms with Crippen LogP contribution in [0.4, 0.5) is 0 Å². The zero-order chi connectivity index (χ0) is 20.4. The number of hydrogen-bond donors (Lipinski definition) is 0. The second-order valence-corrected chi connectivity index (χ2v) is 37.6. The van der Waals surface area contributed by atoms with Crippen LogP contribution >= 0.6 is 0 Å². The van der Waals surface area contributed by atoms with Gasteiger partial charge < -0.3 is 0 Å². The van der Waals surface area contributed by atoms with Gasteiger partial charge in [-0.25, -0.2) is 0 Å². The molecule has 10 heterocycles. The van der Waals surface area contributed by atoms with E-state index in [4.69, 9.17) is 4.74 Å². The van der Waals surface area contributed by atoms with E-state index in [1.807, 2.05) is 6.92 Å². The summed E-state index contributed by atoms with van der Waals surface area (Å²) >= 11 is 0. The molecule has 10 saturated heterocycles. The molecule has 0 N–H and O–H groups in total. The molecule has 8 unspecified atom stereocenters. The molecular formula is C25H34FeO4. The normalized spacial score (nSPS) is 74.7. The Balaban J connectivity index is 0.977. The van der Waals surface area contributed by atoms with Crippen molar-refractivity contribution in [3.63, 3.8) is 0 Å². The first-order valence-corrected chi connectivity index (χ1v) is 18.9. The molecule has 0 aliphatic carbocycles. The number of ether oxygens (including phenoxy) is 1. The third kappa shape index (κ3) is 0.295. The molecule has 8 atom stereocenters. The number of carbonyl (C=O) groups is 3. The first kappa shape index (κ1) is 16.0. The molecule has 0 aromatic heterocycles. The van der Waals surface area contributed by atoms with Gasteiger partial charge in [0.1, 0.15) is 0 Å². The summed E-state index contributed by atoms with van der Waals surface area (Å²) in [4.78, 5) is 46.4. The van der Waals surface area contributed by atoms with E-state index < -0.39 is 6.51 Å². The predicted molar refractivity (Wildman–Crippen MR) is 109 cm³/mol. The molecular weight excluding hydrogens is 420 g/mol. The minimum atomic E-state index is -4.03. The van der Waals surface area contributed by atoms with Crippen LogP contribution in [0.2, 0.25) is 47.2 Å². The van der Waals surface area contributed by atoms with Gasteiger partial charge in [-0.1, -0.05) is 0 Å². The molecule has 30 heavy (non-hydrogen) atoms. The Hall–Kier alpha value is -0.671. The van der Waals surface area contributed by atoms with E-state index in [-0.39, 0.29) is 21.0 Å². The summed E-state index contributed by atoms with van der Waals surface area (Å²) in [5, 5.41) is 0. The van der Waals surface area contributed by atoms with E-state index in [0.717, 1.165) is 51.4 Å². The Bertz CT molecular complexity index is 1370. The summed E-state index contributed by atoms with van der Waals surface area (Å²) in [6.45, 7) is 0.433. The molecule has 0 bridgehead atoms. The molecule has 10 fully saturated rings. The summed E-state index contributed by atoms with van der Waals surface area (Å²) in [7, 11) is 0. The average molecular weight is 454 g/mol. The van der Waals surface area contributed by atoms with Gasteiger partial charge in [0.05, 0.1) is 0 Å². The summed E-state index contributed by atoms with van der Waals surface area (Å²) in [5.74, 6) is 0.905. The summed E-state index contributed by atoms with van der Waals surface area (Å²) in [6.07, 6.45) is 8.93. The van der Waals surface area contributed by atoms with Crippen LogP contribution in [-0.4, -0.2) is 24.1 Å². The SMILES string of the molecule is CCCCCCCCC(=O)[C]12[CH]3[CH]4[CH]5[CH]1[Fe]45321678[CH]2[CH]1[CH]6[C]7(C(=O)CCC(=O)OCC)[CH]28. The molecule has 0 amide bonds. The zero-order valence-corrected chi connectivity index (χ0v) is 19.3. The maximum absolute atomic E-state index is 13.9. The van der Waals surface area contributed by atoms with Crippen molar-refractivity contribution in [1.29, 1.82) is 0 Å². The summed E-state index contributed by atoms with van der Waals surface area (Å²) in [6, 6.07) is 0. The van der Waals surface area contributed by atoms with Crippen molar-refractivity contribution < 1.29 is 25.6 Å². The first-order chi connectivity index (χ1) is 14.3. The Morgan fingerprint density at radius 3 is 1.70 bits per heavy atom. The molecule has 5 heteroatoms.